The minimum atomic E-state index is -3.94. The first-order valence-electron chi connectivity index (χ1n) is 7.61. The maximum Gasteiger partial charge on any atom is 0.315 e. The SMILES string of the molecule is CCOC(=O)[C@@H](COS(=O)(=O)c1ccc(C)cc1)c1ccccc1. The standard InChI is InChI=1S/C18H20O5S/c1-3-22-18(19)17(15-7-5-4-6-8-15)13-23-24(20,21)16-11-9-14(2)10-12-16/h4-12,17H,3,13H2,1-2H3/t17-/m0/s1. The third-order valence-electron chi connectivity index (χ3n) is 3.47. The average molecular weight is 348 g/mol. The monoisotopic (exact) mass is 348 g/mol. The number of benzene rings is 2. The highest BCUT2D eigenvalue weighted by Gasteiger charge is 2.26. The summed E-state index contributed by atoms with van der Waals surface area (Å²) in [5, 5.41) is 0. The van der Waals surface area contributed by atoms with Crippen LogP contribution >= 0.6 is 0 Å². The van der Waals surface area contributed by atoms with Gasteiger partial charge in [-0.3, -0.25) is 8.98 Å². The van der Waals surface area contributed by atoms with Crippen LogP contribution in [0.3, 0.4) is 0 Å². The Labute approximate surface area is 142 Å². The molecular formula is C18H20O5S. The van der Waals surface area contributed by atoms with Crippen LogP contribution in [0.2, 0.25) is 0 Å². The predicted octanol–water partition coefficient (Wildman–Crippen LogP) is 3.05. The van der Waals surface area contributed by atoms with E-state index in [1.807, 2.05) is 13.0 Å². The van der Waals surface area contributed by atoms with Crippen molar-refractivity contribution in [2.24, 2.45) is 0 Å². The van der Waals surface area contributed by atoms with Gasteiger partial charge in [0.05, 0.1) is 18.1 Å². The molecule has 0 radical (unpaired) electrons. The van der Waals surface area contributed by atoms with E-state index in [-0.39, 0.29) is 18.1 Å². The van der Waals surface area contributed by atoms with Gasteiger partial charge in [-0.1, -0.05) is 48.0 Å². The van der Waals surface area contributed by atoms with Crippen LogP contribution < -0.4 is 0 Å². The topological polar surface area (TPSA) is 69.7 Å². The molecule has 0 saturated carbocycles. The first-order valence-corrected chi connectivity index (χ1v) is 9.02. The Morgan fingerprint density at radius 1 is 1.04 bits per heavy atom. The zero-order chi connectivity index (χ0) is 17.6. The molecule has 5 nitrogen and oxygen atoms in total. The van der Waals surface area contributed by atoms with Crippen molar-refractivity contribution in [3.63, 3.8) is 0 Å². The van der Waals surface area contributed by atoms with Crippen molar-refractivity contribution in [3.05, 3.63) is 65.7 Å². The van der Waals surface area contributed by atoms with E-state index in [9.17, 15) is 13.2 Å². The van der Waals surface area contributed by atoms with E-state index in [4.69, 9.17) is 8.92 Å². The summed E-state index contributed by atoms with van der Waals surface area (Å²) in [5.41, 5.74) is 1.60. The van der Waals surface area contributed by atoms with Crippen molar-refractivity contribution in [1.29, 1.82) is 0 Å². The molecule has 1 atom stereocenters. The van der Waals surface area contributed by atoms with Crippen LogP contribution in [0.5, 0.6) is 0 Å². The summed E-state index contributed by atoms with van der Waals surface area (Å²) < 4.78 is 34.7. The quantitative estimate of drug-likeness (QED) is 0.568. The van der Waals surface area contributed by atoms with Gasteiger partial charge < -0.3 is 4.74 Å². The molecule has 0 amide bonds. The Balaban J connectivity index is 2.18. The number of ether oxygens (including phenoxy) is 1. The molecule has 0 spiro atoms. The van der Waals surface area contributed by atoms with Crippen molar-refractivity contribution < 1.29 is 22.1 Å². The zero-order valence-electron chi connectivity index (χ0n) is 13.6. The molecule has 0 bridgehead atoms. The van der Waals surface area contributed by atoms with Crippen LogP contribution in [0.25, 0.3) is 0 Å². The summed E-state index contributed by atoms with van der Waals surface area (Å²) in [5.74, 6) is -1.31. The van der Waals surface area contributed by atoms with Crippen molar-refractivity contribution in [2.45, 2.75) is 24.7 Å². The predicted molar refractivity (Wildman–Crippen MR) is 90.1 cm³/mol. The fourth-order valence-corrected chi connectivity index (χ4v) is 3.08. The molecule has 128 valence electrons. The van der Waals surface area contributed by atoms with Crippen LogP contribution in [-0.2, 0) is 23.8 Å². The molecule has 2 rings (SSSR count). The number of carbonyl (C=O) groups is 1. The van der Waals surface area contributed by atoms with Gasteiger partial charge >= 0.3 is 5.97 Å². The summed E-state index contributed by atoms with van der Waals surface area (Å²) in [7, 11) is -3.94. The number of esters is 1. The minimum Gasteiger partial charge on any atom is -0.465 e. The molecule has 0 aliphatic heterocycles. The lowest BCUT2D eigenvalue weighted by atomic mass is 10.0. The molecule has 0 aliphatic rings. The van der Waals surface area contributed by atoms with E-state index in [1.54, 1.807) is 43.3 Å². The van der Waals surface area contributed by atoms with Crippen LogP contribution in [0, 0.1) is 6.92 Å². The summed E-state index contributed by atoms with van der Waals surface area (Å²) in [6.45, 7) is 3.47. The van der Waals surface area contributed by atoms with Gasteiger partial charge in [0.2, 0.25) is 0 Å². The van der Waals surface area contributed by atoms with Gasteiger partial charge in [0.1, 0.15) is 5.92 Å². The molecular weight excluding hydrogens is 328 g/mol. The van der Waals surface area contributed by atoms with Crippen molar-refractivity contribution >= 4 is 16.1 Å². The van der Waals surface area contributed by atoms with Gasteiger partial charge in [-0.15, -0.1) is 0 Å². The second-order valence-electron chi connectivity index (χ2n) is 5.27. The highest BCUT2D eigenvalue weighted by atomic mass is 32.2. The summed E-state index contributed by atoms with van der Waals surface area (Å²) >= 11 is 0. The molecule has 2 aromatic rings. The number of hydrogen-bond donors (Lipinski definition) is 0. The number of aryl methyl sites for hydroxylation is 1. The summed E-state index contributed by atoms with van der Waals surface area (Å²) in [6.07, 6.45) is 0. The lowest BCUT2D eigenvalue weighted by Crippen LogP contribution is -2.23. The Morgan fingerprint density at radius 2 is 1.67 bits per heavy atom. The molecule has 0 saturated heterocycles. The Morgan fingerprint density at radius 3 is 2.25 bits per heavy atom. The third-order valence-corrected chi connectivity index (χ3v) is 4.77. The maximum atomic E-state index is 12.3. The van der Waals surface area contributed by atoms with Crippen LogP contribution in [0.4, 0.5) is 0 Å². The maximum absolute atomic E-state index is 12.3. The first-order chi connectivity index (χ1) is 11.4. The lowest BCUT2D eigenvalue weighted by molar-refractivity contribution is -0.145. The second-order valence-corrected chi connectivity index (χ2v) is 6.88. The molecule has 24 heavy (non-hydrogen) atoms. The molecule has 6 heteroatoms. The highest BCUT2D eigenvalue weighted by Crippen LogP contribution is 2.21. The highest BCUT2D eigenvalue weighted by molar-refractivity contribution is 7.86. The molecule has 0 fully saturated rings. The molecule has 2 aromatic carbocycles. The van der Waals surface area contributed by atoms with E-state index < -0.39 is 22.0 Å². The minimum absolute atomic E-state index is 0.0590. The van der Waals surface area contributed by atoms with Gasteiger partial charge in [0, 0.05) is 0 Å². The largest absolute Gasteiger partial charge is 0.465 e. The number of hydrogen-bond acceptors (Lipinski definition) is 5. The van der Waals surface area contributed by atoms with Crippen molar-refractivity contribution in [2.75, 3.05) is 13.2 Å². The fraction of sp³-hybridized carbons (Fsp3) is 0.278. The average Bonchev–Trinajstić information content (AvgIpc) is 2.56. The van der Waals surface area contributed by atoms with E-state index in [2.05, 4.69) is 0 Å². The fourth-order valence-electron chi connectivity index (χ4n) is 2.16. The summed E-state index contributed by atoms with van der Waals surface area (Å²) in [6, 6.07) is 15.2. The van der Waals surface area contributed by atoms with Gasteiger partial charge in [0.25, 0.3) is 10.1 Å². The number of carbonyl (C=O) groups excluding carboxylic acids is 1. The van der Waals surface area contributed by atoms with Crippen LogP contribution in [0.15, 0.2) is 59.5 Å². The molecule has 0 heterocycles. The number of rotatable bonds is 7. The first kappa shape index (κ1) is 18.2. The molecule has 0 aliphatic carbocycles. The normalized spacial score (nSPS) is 12.6. The van der Waals surface area contributed by atoms with Crippen LogP contribution in [-0.4, -0.2) is 27.6 Å². The zero-order valence-corrected chi connectivity index (χ0v) is 14.5. The second kappa shape index (κ2) is 8.08. The Hall–Kier alpha value is -2.18. The van der Waals surface area contributed by atoms with Gasteiger partial charge in [-0.05, 0) is 31.5 Å². The third kappa shape index (κ3) is 4.66. The van der Waals surface area contributed by atoms with E-state index >= 15 is 0 Å². The van der Waals surface area contributed by atoms with Crippen LogP contribution in [0.1, 0.15) is 24.0 Å². The van der Waals surface area contributed by atoms with E-state index in [0.717, 1.165) is 5.56 Å². The van der Waals surface area contributed by atoms with Crippen molar-refractivity contribution in [3.8, 4) is 0 Å². The summed E-state index contributed by atoms with van der Waals surface area (Å²) in [4.78, 5) is 12.2. The molecule has 0 N–H and O–H groups in total. The molecule has 0 aromatic heterocycles. The van der Waals surface area contributed by atoms with Gasteiger partial charge in [-0.25, -0.2) is 0 Å². The van der Waals surface area contributed by atoms with E-state index in [1.165, 1.54) is 12.1 Å². The lowest BCUT2D eigenvalue weighted by Gasteiger charge is -2.16. The smallest absolute Gasteiger partial charge is 0.315 e. The van der Waals surface area contributed by atoms with Gasteiger partial charge in [-0.2, -0.15) is 8.42 Å². The molecule has 0 unspecified atom stereocenters. The van der Waals surface area contributed by atoms with Crippen molar-refractivity contribution in [1.82, 2.24) is 0 Å². The van der Waals surface area contributed by atoms with E-state index in [0.29, 0.717) is 5.56 Å². The Bertz CT molecular complexity index is 767. The Kier molecular flexibility index (Phi) is 6.11. The van der Waals surface area contributed by atoms with Gasteiger partial charge in [0.15, 0.2) is 0 Å².